The van der Waals surface area contributed by atoms with Crippen molar-refractivity contribution in [1.29, 1.82) is 5.26 Å². The summed E-state index contributed by atoms with van der Waals surface area (Å²) in [6, 6.07) is 6.77. The van der Waals surface area contributed by atoms with E-state index in [0.717, 1.165) is 5.69 Å². The molecule has 0 aliphatic heterocycles. The van der Waals surface area contributed by atoms with Crippen LogP contribution < -0.4 is 5.32 Å². The van der Waals surface area contributed by atoms with Gasteiger partial charge in [-0.25, -0.2) is 0 Å². The van der Waals surface area contributed by atoms with E-state index < -0.39 is 0 Å². The van der Waals surface area contributed by atoms with Crippen molar-refractivity contribution in [3.8, 4) is 6.07 Å². The van der Waals surface area contributed by atoms with Gasteiger partial charge in [-0.3, -0.25) is 0 Å². The molecule has 0 bridgehead atoms. The van der Waals surface area contributed by atoms with Gasteiger partial charge in [0.1, 0.15) is 6.07 Å². The van der Waals surface area contributed by atoms with Crippen molar-refractivity contribution in [3.63, 3.8) is 0 Å². The molecule has 0 heterocycles. The lowest BCUT2D eigenvalue weighted by Gasteiger charge is -2.14. The first-order valence-corrected chi connectivity index (χ1v) is 5.18. The first-order chi connectivity index (χ1) is 7.21. The average Bonchev–Trinajstić information content (AvgIpc) is 2.26. The van der Waals surface area contributed by atoms with Crippen molar-refractivity contribution < 1.29 is 10.2 Å². The quantitative estimate of drug-likeness (QED) is 0.766. The van der Waals surface area contributed by atoms with Gasteiger partial charge in [-0.05, 0) is 34.1 Å². The van der Waals surface area contributed by atoms with Crippen LogP contribution in [0.25, 0.3) is 0 Å². The van der Waals surface area contributed by atoms with Crippen LogP contribution in [0.2, 0.25) is 0 Å². The maximum absolute atomic E-state index is 8.87. The van der Waals surface area contributed by atoms with Crippen LogP contribution in [0.3, 0.4) is 0 Å². The third-order valence-corrected chi connectivity index (χ3v) is 2.56. The van der Waals surface area contributed by atoms with Gasteiger partial charge in [0.05, 0.1) is 24.8 Å². The van der Waals surface area contributed by atoms with E-state index in [1.165, 1.54) is 0 Å². The summed E-state index contributed by atoms with van der Waals surface area (Å²) in [5.41, 5.74) is 1.29. The second-order valence-corrected chi connectivity index (χ2v) is 3.87. The minimum atomic E-state index is -0.384. The molecule has 0 saturated carbocycles. The van der Waals surface area contributed by atoms with Crippen LogP contribution in [0.1, 0.15) is 5.56 Å². The molecule has 15 heavy (non-hydrogen) atoms. The Hall–Kier alpha value is -1.09. The summed E-state index contributed by atoms with van der Waals surface area (Å²) >= 11 is 3.25. The predicted molar refractivity (Wildman–Crippen MR) is 60.4 cm³/mol. The molecule has 3 N–H and O–H groups in total. The van der Waals surface area contributed by atoms with E-state index in [1.54, 1.807) is 18.2 Å². The van der Waals surface area contributed by atoms with Gasteiger partial charge in [0.25, 0.3) is 0 Å². The van der Waals surface area contributed by atoms with Crippen LogP contribution in [0.15, 0.2) is 22.7 Å². The van der Waals surface area contributed by atoms with E-state index in [0.29, 0.717) is 10.0 Å². The molecular weight excluding hydrogens is 260 g/mol. The molecule has 0 radical (unpaired) electrons. The van der Waals surface area contributed by atoms with E-state index in [4.69, 9.17) is 15.5 Å². The number of nitriles is 1. The molecule has 4 nitrogen and oxygen atoms in total. The fraction of sp³-hybridized carbons (Fsp3) is 0.300. The average molecular weight is 271 g/mol. The number of benzene rings is 1. The Bertz CT molecular complexity index is 372. The van der Waals surface area contributed by atoms with Crippen molar-refractivity contribution in [2.45, 2.75) is 6.04 Å². The highest BCUT2D eigenvalue weighted by atomic mass is 79.9. The summed E-state index contributed by atoms with van der Waals surface area (Å²) in [4.78, 5) is 0. The number of rotatable bonds is 4. The number of nitrogens with one attached hydrogen (secondary N) is 1. The smallest absolute Gasteiger partial charge is 0.100 e. The van der Waals surface area contributed by atoms with Crippen LogP contribution in [-0.4, -0.2) is 29.5 Å². The number of anilines is 1. The van der Waals surface area contributed by atoms with Gasteiger partial charge in [0, 0.05) is 10.2 Å². The summed E-state index contributed by atoms with van der Waals surface area (Å²) in [6.07, 6.45) is 0. The molecule has 0 amide bonds. The van der Waals surface area contributed by atoms with Gasteiger partial charge in [-0.1, -0.05) is 0 Å². The third-order valence-electron chi connectivity index (χ3n) is 1.90. The number of nitrogens with zero attached hydrogens (tertiary/aromatic N) is 1. The molecule has 0 spiro atoms. The lowest BCUT2D eigenvalue weighted by Crippen LogP contribution is -2.27. The second-order valence-electron chi connectivity index (χ2n) is 3.01. The third kappa shape index (κ3) is 3.20. The number of aliphatic hydroxyl groups excluding tert-OH is 2. The molecule has 0 unspecified atom stereocenters. The normalized spacial score (nSPS) is 10.1. The summed E-state index contributed by atoms with van der Waals surface area (Å²) in [5, 5.41) is 29.4. The van der Waals surface area contributed by atoms with Crippen molar-refractivity contribution in [2.75, 3.05) is 18.5 Å². The lowest BCUT2D eigenvalue weighted by molar-refractivity contribution is 0.204. The van der Waals surface area contributed by atoms with Gasteiger partial charge >= 0.3 is 0 Å². The second kappa shape index (κ2) is 5.71. The van der Waals surface area contributed by atoms with Crippen molar-refractivity contribution >= 4 is 21.6 Å². The van der Waals surface area contributed by atoms with Crippen LogP contribution in [-0.2, 0) is 0 Å². The van der Waals surface area contributed by atoms with Crippen molar-refractivity contribution in [2.24, 2.45) is 0 Å². The number of hydrogen-bond donors (Lipinski definition) is 3. The molecule has 0 fully saturated rings. The molecular formula is C10H11BrN2O2. The Balaban J connectivity index is 2.80. The fourth-order valence-corrected chi connectivity index (χ4v) is 1.55. The summed E-state index contributed by atoms with van der Waals surface area (Å²) in [7, 11) is 0. The highest BCUT2D eigenvalue weighted by molar-refractivity contribution is 9.10. The molecule has 0 aliphatic rings. The zero-order chi connectivity index (χ0) is 11.3. The maximum atomic E-state index is 8.87. The summed E-state index contributed by atoms with van der Waals surface area (Å²) in [6.45, 7) is -0.289. The molecule has 1 aromatic carbocycles. The van der Waals surface area contributed by atoms with Gasteiger partial charge in [0.15, 0.2) is 0 Å². The summed E-state index contributed by atoms with van der Waals surface area (Å²) < 4.78 is 0.685. The van der Waals surface area contributed by atoms with E-state index in [1.807, 2.05) is 6.07 Å². The van der Waals surface area contributed by atoms with E-state index in [9.17, 15) is 0 Å². The Morgan fingerprint density at radius 1 is 1.40 bits per heavy atom. The Morgan fingerprint density at radius 2 is 2.07 bits per heavy atom. The Morgan fingerprint density at radius 3 is 2.53 bits per heavy atom. The zero-order valence-electron chi connectivity index (χ0n) is 7.94. The standard InChI is InChI=1S/C10H11BrN2O2/c11-10-3-8(2-1-7(10)4-12)13-9(5-14)6-15/h1-3,9,13-15H,5-6H2. The van der Waals surface area contributed by atoms with Crippen LogP contribution in [0.5, 0.6) is 0 Å². The molecule has 1 aromatic rings. The lowest BCUT2D eigenvalue weighted by atomic mass is 10.2. The first kappa shape index (κ1) is 12.0. The molecule has 0 atom stereocenters. The van der Waals surface area contributed by atoms with Crippen molar-refractivity contribution in [1.82, 2.24) is 0 Å². The van der Waals surface area contributed by atoms with Crippen LogP contribution in [0.4, 0.5) is 5.69 Å². The minimum Gasteiger partial charge on any atom is -0.394 e. The number of hydrogen-bond acceptors (Lipinski definition) is 4. The fourth-order valence-electron chi connectivity index (χ4n) is 1.08. The van der Waals surface area contributed by atoms with Gasteiger partial charge in [-0.15, -0.1) is 0 Å². The van der Waals surface area contributed by atoms with Gasteiger partial charge < -0.3 is 15.5 Å². The van der Waals surface area contributed by atoms with Crippen molar-refractivity contribution in [3.05, 3.63) is 28.2 Å². The minimum absolute atomic E-state index is 0.145. The van der Waals surface area contributed by atoms with Gasteiger partial charge in [-0.2, -0.15) is 5.26 Å². The maximum Gasteiger partial charge on any atom is 0.100 e. The number of halogens is 1. The first-order valence-electron chi connectivity index (χ1n) is 4.39. The summed E-state index contributed by atoms with van der Waals surface area (Å²) in [5.74, 6) is 0. The SMILES string of the molecule is N#Cc1ccc(NC(CO)CO)cc1Br. The largest absolute Gasteiger partial charge is 0.394 e. The highest BCUT2D eigenvalue weighted by Crippen LogP contribution is 2.21. The number of aliphatic hydroxyl groups is 2. The zero-order valence-corrected chi connectivity index (χ0v) is 9.53. The van der Waals surface area contributed by atoms with Gasteiger partial charge in [0.2, 0.25) is 0 Å². The molecule has 80 valence electrons. The highest BCUT2D eigenvalue weighted by Gasteiger charge is 2.06. The Kier molecular flexibility index (Phi) is 4.56. The topological polar surface area (TPSA) is 76.3 Å². The molecule has 5 heteroatoms. The van der Waals surface area contributed by atoms with E-state index in [-0.39, 0.29) is 19.3 Å². The van der Waals surface area contributed by atoms with E-state index in [2.05, 4.69) is 21.2 Å². The molecule has 0 aromatic heterocycles. The van der Waals surface area contributed by atoms with Crippen LogP contribution >= 0.6 is 15.9 Å². The van der Waals surface area contributed by atoms with Crippen LogP contribution in [0, 0.1) is 11.3 Å². The molecule has 0 aliphatic carbocycles. The van der Waals surface area contributed by atoms with E-state index >= 15 is 0 Å². The monoisotopic (exact) mass is 270 g/mol. The molecule has 1 rings (SSSR count). The molecule has 0 saturated heterocycles. The Labute approximate surface area is 96.3 Å². The predicted octanol–water partition coefficient (Wildman–Crippen LogP) is 1.09.